The molecule has 1 aromatic carbocycles. The molecule has 2 N–H and O–H groups in total. The molecule has 0 aliphatic carbocycles. The van der Waals surface area contributed by atoms with E-state index in [0.29, 0.717) is 11.4 Å². The number of aliphatic hydroxyl groups excluding tert-OH is 1. The Balaban J connectivity index is 1.88. The fourth-order valence-corrected chi connectivity index (χ4v) is 3.36. The number of tetrazole rings is 1. The van der Waals surface area contributed by atoms with Crippen molar-refractivity contribution in [3.05, 3.63) is 34.1 Å². The lowest BCUT2D eigenvalue weighted by molar-refractivity contribution is -0.931. The lowest BCUT2D eigenvalue weighted by Gasteiger charge is -2.26. The van der Waals surface area contributed by atoms with Crippen molar-refractivity contribution < 1.29 is 10.0 Å². The van der Waals surface area contributed by atoms with Gasteiger partial charge in [-0.25, -0.2) is 0 Å². The van der Waals surface area contributed by atoms with Gasteiger partial charge in [-0.3, -0.25) is 0 Å². The molecule has 2 atom stereocenters. The van der Waals surface area contributed by atoms with Gasteiger partial charge < -0.3 is 10.0 Å². The highest BCUT2D eigenvalue weighted by Crippen LogP contribution is 2.17. The topological polar surface area (TPSA) is 60.3 Å². The minimum atomic E-state index is -0.216. The van der Waals surface area contributed by atoms with Crippen LogP contribution in [0.25, 0.3) is 5.69 Å². The second kappa shape index (κ2) is 6.28. The van der Waals surface area contributed by atoms with Crippen LogP contribution in [0.5, 0.6) is 0 Å². The Kier molecular flexibility index (Phi) is 4.37. The zero-order valence-electron chi connectivity index (χ0n) is 13.0. The molecule has 0 amide bonds. The largest absolute Gasteiger partial charge is 0.387 e. The molecule has 2 aromatic rings. The van der Waals surface area contributed by atoms with Crippen LogP contribution in [0, 0.1) is 18.6 Å². The SMILES string of the molecule is Cc1cccc(C)c1-n1nnn(C[NH+]2CCC[C@@H](O)C2)c1=S. The molecule has 2 heterocycles. The number of hydrogen-bond acceptors (Lipinski definition) is 4. The van der Waals surface area contributed by atoms with E-state index in [4.69, 9.17) is 12.2 Å². The van der Waals surface area contributed by atoms with E-state index < -0.39 is 0 Å². The van der Waals surface area contributed by atoms with Crippen molar-refractivity contribution in [1.29, 1.82) is 0 Å². The van der Waals surface area contributed by atoms with Crippen LogP contribution in [-0.2, 0) is 6.67 Å². The maximum Gasteiger partial charge on any atom is 0.225 e. The summed E-state index contributed by atoms with van der Waals surface area (Å²) in [5.74, 6) is 0. The van der Waals surface area contributed by atoms with E-state index in [-0.39, 0.29) is 6.10 Å². The van der Waals surface area contributed by atoms with Gasteiger partial charge in [-0.2, -0.15) is 9.36 Å². The Morgan fingerprint density at radius 1 is 1.32 bits per heavy atom. The summed E-state index contributed by atoms with van der Waals surface area (Å²) >= 11 is 5.55. The molecule has 0 bridgehead atoms. The summed E-state index contributed by atoms with van der Waals surface area (Å²) in [5.41, 5.74) is 3.26. The van der Waals surface area contributed by atoms with E-state index in [2.05, 4.69) is 36.4 Å². The number of hydrogen-bond donors (Lipinski definition) is 2. The molecule has 1 aliphatic rings. The van der Waals surface area contributed by atoms with Crippen LogP contribution in [0.1, 0.15) is 24.0 Å². The van der Waals surface area contributed by atoms with Gasteiger partial charge in [0.25, 0.3) is 0 Å². The van der Waals surface area contributed by atoms with Crippen LogP contribution in [0.4, 0.5) is 0 Å². The summed E-state index contributed by atoms with van der Waals surface area (Å²) < 4.78 is 4.10. The van der Waals surface area contributed by atoms with Crippen LogP contribution >= 0.6 is 12.2 Å². The number of aromatic nitrogens is 4. The maximum absolute atomic E-state index is 9.79. The van der Waals surface area contributed by atoms with Gasteiger partial charge in [0.15, 0.2) is 6.67 Å². The first-order chi connectivity index (χ1) is 10.6. The first kappa shape index (κ1) is 15.3. The predicted octanol–water partition coefficient (Wildman–Crippen LogP) is 0.412. The smallest absolute Gasteiger partial charge is 0.225 e. The Labute approximate surface area is 135 Å². The van der Waals surface area contributed by atoms with Crippen molar-refractivity contribution in [2.45, 2.75) is 39.5 Å². The zero-order valence-corrected chi connectivity index (χ0v) is 13.8. The number of quaternary nitrogens is 1. The minimum Gasteiger partial charge on any atom is -0.387 e. The highest BCUT2D eigenvalue weighted by Gasteiger charge is 2.22. The van der Waals surface area contributed by atoms with Crippen LogP contribution < -0.4 is 4.90 Å². The predicted molar refractivity (Wildman–Crippen MR) is 85.6 cm³/mol. The molecule has 118 valence electrons. The minimum absolute atomic E-state index is 0.216. The van der Waals surface area contributed by atoms with Gasteiger partial charge in [0.1, 0.15) is 12.6 Å². The second-order valence-corrected chi connectivity index (χ2v) is 6.44. The number of para-hydroxylation sites is 1. The second-order valence-electron chi connectivity index (χ2n) is 6.07. The molecule has 1 fully saturated rings. The van der Waals surface area contributed by atoms with Crippen LogP contribution in [0.3, 0.4) is 0 Å². The molecule has 0 radical (unpaired) electrons. The molecule has 3 rings (SSSR count). The normalized spacial score (nSPS) is 22.0. The molecule has 0 spiro atoms. The molecule has 7 heteroatoms. The fraction of sp³-hybridized carbons (Fsp3) is 0.533. The van der Waals surface area contributed by atoms with Crippen molar-refractivity contribution in [2.75, 3.05) is 13.1 Å². The first-order valence-electron chi connectivity index (χ1n) is 7.67. The van der Waals surface area contributed by atoms with Crippen molar-refractivity contribution in [2.24, 2.45) is 0 Å². The molecule has 1 unspecified atom stereocenters. The third-order valence-electron chi connectivity index (χ3n) is 4.26. The van der Waals surface area contributed by atoms with Gasteiger partial charge in [0.05, 0.1) is 12.2 Å². The molecular weight excluding hydrogens is 298 g/mol. The number of piperidine rings is 1. The van der Waals surface area contributed by atoms with E-state index in [1.54, 1.807) is 9.36 Å². The molecular formula is C15H22N5OS+. The van der Waals surface area contributed by atoms with E-state index >= 15 is 0 Å². The maximum atomic E-state index is 9.79. The highest BCUT2D eigenvalue weighted by atomic mass is 32.1. The number of aliphatic hydroxyl groups is 1. The monoisotopic (exact) mass is 320 g/mol. The third-order valence-corrected chi connectivity index (χ3v) is 4.64. The molecule has 6 nitrogen and oxygen atoms in total. The van der Waals surface area contributed by atoms with Crippen LogP contribution in [-0.4, -0.2) is 44.1 Å². The van der Waals surface area contributed by atoms with Crippen molar-refractivity contribution in [1.82, 2.24) is 19.8 Å². The number of rotatable bonds is 3. The molecule has 1 aromatic heterocycles. The van der Waals surface area contributed by atoms with Gasteiger partial charge in [-0.1, -0.05) is 18.2 Å². The molecule has 0 saturated carbocycles. The third kappa shape index (κ3) is 2.97. The van der Waals surface area contributed by atoms with E-state index in [0.717, 1.165) is 42.7 Å². The first-order valence-corrected chi connectivity index (χ1v) is 8.08. The number of nitrogens with zero attached hydrogens (tertiary/aromatic N) is 4. The Morgan fingerprint density at radius 2 is 2.05 bits per heavy atom. The van der Waals surface area contributed by atoms with Crippen molar-refractivity contribution >= 4 is 12.2 Å². The summed E-state index contributed by atoms with van der Waals surface area (Å²) in [7, 11) is 0. The summed E-state index contributed by atoms with van der Waals surface area (Å²) in [4.78, 5) is 1.29. The van der Waals surface area contributed by atoms with Gasteiger partial charge in [0, 0.05) is 0 Å². The highest BCUT2D eigenvalue weighted by molar-refractivity contribution is 7.71. The number of benzene rings is 1. The number of aryl methyl sites for hydroxylation is 2. The van der Waals surface area contributed by atoms with E-state index in [1.165, 1.54) is 4.90 Å². The van der Waals surface area contributed by atoms with E-state index in [9.17, 15) is 5.11 Å². The Bertz CT molecular complexity index is 703. The quantitative estimate of drug-likeness (QED) is 0.805. The van der Waals surface area contributed by atoms with Gasteiger partial charge in [-0.05, 0) is 60.5 Å². The molecule has 1 aliphatic heterocycles. The summed E-state index contributed by atoms with van der Waals surface area (Å²) in [6.45, 7) is 6.54. The lowest BCUT2D eigenvalue weighted by atomic mass is 10.1. The van der Waals surface area contributed by atoms with Crippen molar-refractivity contribution in [3.63, 3.8) is 0 Å². The lowest BCUT2D eigenvalue weighted by Crippen LogP contribution is -3.13. The van der Waals surface area contributed by atoms with Gasteiger partial charge in [0.2, 0.25) is 4.77 Å². The standard InChI is InChI=1S/C15H21N5OS/c1-11-5-3-6-12(2)14(11)20-15(22)19(16-17-20)10-18-8-4-7-13(21)9-18/h3,5-6,13,21H,4,7-10H2,1-2H3/p+1/t13-/m1/s1. The number of likely N-dealkylation sites (tertiary alicyclic amines) is 1. The summed E-state index contributed by atoms with van der Waals surface area (Å²) in [6.07, 6.45) is 1.71. The van der Waals surface area contributed by atoms with Crippen LogP contribution in [0.2, 0.25) is 0 Å². The Hall–Kier alpha value is -1.57. The van der Waals surface area contributed by atoms with Gasteiger partial charge >= 0.3 is 0 Å². The fourth-order valence-electron chi connectivity index (χ4n) is 3.13. The Morgan fingerprint density at radius 3 is 2.73 bits per heavy atom. The van der Waals surface area contributed by atoms with Gasteiger partial charge in [-0.15, -0.1) is 0 Å². The number of nitrogens with one attached hydrogen (secondary N) is 1. The summed E-state index contributed by atoms with van der Waals surface area (Å²) in [5, 5.41) is 18.2. The van der Waals surface area contributed by atoms with Crippen molar-refractivity contribution in [3.8, 4) is 5.69 Å². The average molecular weight is 320 g/mol. The van der Waals surface area contributed by atoms with Crippen LogP contribution in [0.15, 0.2) is 18.2 Å². The molecule has 1 saturated heterocycles. The summed E-state index contributed by atoms with van der Waals surface area (Å²) in [6, 6.07) is 6.13. The van der Waals surface area contributed by atoms with E-state index in [1.807, 2.05) is 6.07 Å². The average Bonchev–Trinajstić information content (AvgIpc) is 2.81. The molecule has 22 heavy (non-hydrogen) atoms. The zero-order chi connectivity index (χ0) is 15.7.